The number of hydrogen-bond donors (Lipinski definition) is 1. The van der Waals surface area contributed by atoms with Gasteiger partial charge in [-0.15, -0.1) is 0 Å². The number of unbranched alkanes of at least 4 members (excludes halogenated alkanes) is 1. The summed E-state index contributed by atoms with van der Waals surface area (Å²) in [5.41, 5.74) is 3.83. The van der Waals surface area contributed by atoms with Crippen LogP contribution in [0.25, 0.3) is 16.7 Å². The molecule has 0 atom stereocenters. The second kappa shape index (κ2) is 7.76. The van der Waals surface area contributed by atoms with Gasteiger partial charge in [0.15, 0.2) is 5.65 Å². The van der Waals surface area contributed by atoms with Gasteiger partial charge >= 0.3 is 0 Å². The molecule has 4 aromatic rings. The molecule has 0 aliphatic carbocycles. The number of fused-ring (bicyclic) bond motifs is 1. The van der Waals surface area contributed by atoms with Gasteiger partial charge in [0.25, 0.3) is 0 Å². The van der Waals surface area contributed by atoms with Crippen molar-refractivity contribution in [2.45, 2.75) is 26.2 Å². The molecule has 136 valence electrons. The second-order valence-electron chi connectivity index (χ2n) is 6.39. The van der Waals surface area contributed by atoms with Crippen LogP contribution < -0.4 is 5.32 Å². The van der Waals surface area contributed by atoms with Crippen LogP contribution in [0.2, 0.25) is 5.02 Å². The molecule has 0 saturated carbocycles. The Balaban J connectivity index is 1.65. The SMILES string of the molecule is CCCCc1ccc(Nc2ncnc3c2cnn3-c2ccccc2Cl)cc1. The highest BCUT2D eigenvalue weighted by molar-refractivity contribution is 6.32. The van der Waals surface area contributed by atoms with Gasteiger partial charge in [-0.1, -0.05) is 49.2 Å². The summed E-state index contributed by atoms with van der Waals surface area (Å²) >= 11 is 6.32. The molecule has 0 fully saturated rings. The number of hydrogen-bond acceptors (Lipinski definition) is 4. The lowest BCUT2D eigenvalue weighted by atomic mass is 10.1. The zero-order chi connectivity index (χ0) is 18.6. The lowest BCUT2D eigenvalue weighted by Gasteiger charge is -2.08. The maximum absolute atomic E-state index is 6.32. The van der Waals surface area contributed by atoms with Gasteiger partial charge in [-0.2, -0.15) is 5.10 Å². The standard InChI is InChI=1S/C21H20ClN5/c1-2-3-6-15-9-11-16(12-10-15)26-20-17-13-25-27(21(17)24-14-23-20)19-8-5-4-7-18(19)22/h4-5,7-14H,2-3,6H2,1H3,(H,23,24,26). The Morgan fingerprint density at radius 3 is 2.63 bits per heavy atom. The predicted molar refractivity (Wildman–Crippen MR) is 110 cm³/mol. The van der Waals surface area contributed by atoms with Crippen LogP contribution >= 0.6 is 11.6 Å². The van der Waals surface area contributed by atoms with E-state index in [0.717, 1.165) is 29.0 Å². The molecule has 0 spiro atoms. The Hall–Kier alpha value is -2.92. The summed E-state index contributed by atoms with van der Waals surface area (Å²) in [6.45, 7) is 2.21. The van der Waals surface area contributed by atoms with E-state index in [1.807, 2.05) is 24.3 Å². The number of benzene rings is 2. The zero-order valence-corrected chi connectivity index (χ0v) is 15.8. The summed E-state index contributed by atoms with van der Waals surface area (Å²) in [6.07, 6.45) is 6.82. The lowest BCUT2D eigenvalue weighted by Crippen LogP contribution is -2.00. The third-order valence-electron chi connectivity index (χ3n) is 4.48. The summed E-state index contributed by atoms with van der Waals surface area (Å²) in [7, 11) is 0. The molecule has 6 heteroatoms. The largest absolute Gasteiger partial charge is 0.340 e. The fraction of sp³-hybridized carbons (Fsp3) is 0.190. The molecule has 4 rings (SSSR count). The van der Waals surface area contributed by atoms with Gasteiger partial charge in [0.2, 0.25) is 0 Å². The Kier molecular flexibility index (Phi) is 5.03. The van der Waals surface area contributed by atoms with Crippen molar-refractivity contribution in [2.75, 3.05) is 5.32 Å². The molecule has 0 amide bonds. The van der Waals surface area contributed by atoms with Crippen LogP contribution in [0, 0.1) is 0 Å². The van der Waals surface area contributed by atoms with Crippen LogP contribution in [0.3, 0.4) is 0 Å². The topological polar surface area (TPSA) is 55.6 Å². The predicted octanol–water partition coefficient (Wildman–Crippen LogP) is 5.56. The number of nitrogens with zero attached hydrogens (tertiary/aromatic N) is 4. The van der Waals surface area contributed by atoms with Crippen molar-refractivity contribution in [3.63, 3.8) is 0 Å². The first kappa shape index (κ1) is 17.5. The molecule has 2 heterocycles. The van der Waals surface area contributed by atoms with Gasteiger partial charge in [0, 0.05) is 5.69 Å². The summed E-state index contributed by atoms with van der Waals surface area (Å²) in [5.74, 6) is 0.722. The van der Waals surface area contributed by atoms with Gasteiger partial charge < -0.3 is 5.32 Å². The summed E-state index contributed by atoms with van der Waals surface area (Å²) in [5, 5.41) is 9.30. The van der Waals surface area contributed by atoms with Crippen LogP contribution in [-0.2, 0) is 6.42 Å². The van der Waals surface area contributed by atoms with Gasteiger partial charge in [-0.25, -0.2) is 14.6 Å². The van der Waals surface area contributed by atoms with E-state index < -0.39 is 0 Å². The Bertz CT molecular complexity index is 1060. The number of rotatable bonds is 6. The molecule has 0 saturated heterocycles. The van der Waals surface area contributed by atoms with E-state index in [4.69, 9.17) is 11.6 Å². The van der Waals surface area contributed by atoms with Crippen molar-refractivity contribution >= 4 is 34.1 Å². The first-order chi connectivity index (χ1) is 13.3. The summed E-state index contributed by atoms with van der Waals surface area (Å²) < 4.78 is 1.73. The van der Waals surface area contributed by atoms with Crippen LogP contribution in [0.15, 0.2) is 61.1 Å². The van der Waals surface area contributed by atoms with E-state index in [9.17, 15) is 0 Å². The molecule has 1 N–H and O–H groups in total. The van der Waals surface area contributed by atoms with Gasteiger partial charge in [-0.05, 0) is 42.7 Å². The zero-order valence-electron chi connectivity index (χ0n) is 15.1. The number of nitrogens with one attached hydrogen (secondary N) is 1. The van der Waals surface area contributed by atoms with Crippen molar-refractivity contribution in [1.29, 1.82) is 0 Å². The normalized spacial score (nSPS) is 11.0. The van der Waals surface area contributed by atoms with Gasteiger partial charge in [-0.3, -0.25) is 0 Å². The molecule has 0 unspecified atom stereocenters. The minimum atomic E-state index is 0.623. The number of aryl methyl sites for hydroxylation is 1. The van der Waals surface area contributed by atoms with E-state index in [0.29, 0.717) is 10.7 Å². The first-order valence-corrected chi connectivity index (χ1v) is 9.43. The molecular weight excluding hydrogens is 358 g/mol. The van der Waals surface area contributed by atoms with Crippen molar-refractivity contribution in [2.24, 2.45) is 0 Å². The lowest BCUT2D eigenvalue weighted by molar-refractivity contribution is 0.795. The van der Waals surface area contributed by atoms with Crippen molar-refractivity contribution in [1.82, 2.24) is 19.7 Å². The molecule has 0 aliphatic heterocycles. The Labute approximate surface area is 163 Å². The minimum Gasteiger partial charge on any atom is -0.340 e. The average molecular weight is 378 g/mol. The molecule has 5 nitrogen and oxygen atoms in total. The highest BCUT2D eigenvalue weighted by Gasteiger charge is 2.13. The number of halogens is 1. The minimum absolute atomic E-state index is 0.623. The Morgan fingerprint density at radius 2 is 1.85 bits per heavy atom. The molecule has 2 aromatic heterocycles. The summed E-state index contributed by atoms with van der Waals surface area (Å²) in [6, 6.07) is 16.0. The van der Waals surface area contributed by atoms with Crippen LogP contribution in [0.1, 0.15) is 25.3 Å². The van der Waals surface area contributed by atoms with E-state index in [2.05, 4.69) is 51.6 Å². The third kappa shape index (κ3) is 3.64. The summed E-state index contributed by atoms with van der Waals surface area (Å²) in [4.78, 5) is 8.79. The number of anilines is 2. The molecule has 27 heavy (non-hydrogen) atoms. The quantitative estimate of drug-likeness (QED) is 0.478. The van der Waals surface area contributed by atoms with Gasteiger partial charge in [0.05, 0.1) is 22.3 Å². The smallest absolute Gasteiger partial charge is 0.168 e. The maximum Gasteiger partial charge on any atom is 0.168 e. The Morgan fingerprint density at radius 1 is 1.04 bits per heavy atom. The monoisotopic (exact) mass is 377 g/mol. The van der Waals surface area contributed by atoms with Gasteiger partial charge in [0.1, 0.15) is 12.1 Å². The molecule has 0 aliphatic rings. The molecule has 0 bridgehead atoms. The van der Waals surface area contributed by atoms with E-state index in [1.54, 1.807) is 10.9 Å². The van der Waals surface area contributed by atoms with E-state index >= 15 is 0 Å². The van der Waals surface area contributed by atoms with E-state index in [-0.39, 0.29) is 0 Å². The molecule has 0 radical (unpaired) electrons. The van der Waals surface area contributed by atoms with Crippen molar-refractivity contribution in [3.8, 4) is 5.69 Å². The number of para-hydroxylation sites is 1. The molecule has 2 aromatic carbocycles. The maximum atomic E-state index is 6.32. The van der Waals surface area contributed by atoms with Crippen molar-refractivity contribution < 1.29 is 0 Å². The molecular formula is C21H20ClN5. The highest BCUT2D eigenvalue weighted by Crippen LogP contribution is 2.27. The third-order valence-corrected chi connectivity index (χ3v) is 4.80. The average Bonchev–Trinajstić information content (AvgIpc) is 3.13. The fourth-order valence-electron chi connectivity index (χ4n) is 3.02. The van der Waals surface area contributed by atoms with Crippen LogP contribution in [0.4, 0.5) is 11.5 Å². The van der Waals surface area contributed by atoms with Crippen molar-refractivity contribution in [3.05, 3.63) is 71.6 Å². The van der Waals surface area contributed by atoms with Crippen LogP contribution in [0.5, 0.6) is 0 Å². The van der Waals surface area contributed by atoms with Crippen LogP contribution in [-0.4, -0.2) is 19.7 Å². The fourth-order valence-corrected chi connectivity index (χ4v) is 3.23. The highest BCUT2D eigenvalue weighted by atomic mass is 35.5. The number of aromatic nitrogens is 4. The van der Waals surface area contributed by atoms with E-state index in [1.165, 1.54) is 24.7 Å². The first-order valence-electron chi connectivity index (χ1n) is 9.06. The second-order valence-corrected chi connectivity index (χ2v) is 6.80.